The van der Waals surface area contributed by atoms with Gasteiger partial charge in [0.05, 0.1) is 25.3 Å². The fourth-order valence-electron chi connectivity index (χ4n) is 1.91. The predicted molar refractivity (Wildman–Crippen MR) is 61.3 cm³/mol. The Balaban J connectivity index is 1.72. The number of amides is 1. The summed E-state index contributed by atoms with van der Waals surface area (Å²) in [4.78, 5) is 11.6. The number of hydrogen-bond donors (Lipinski definition) is 2. The molecule has 1 amide bonds. The molecule has 1 aliphatic rings. The summed E-state index contributed by atoms with van der Waals surface area (Å²) in [6.07, 6.45) is 3.15. The molecule has 18 heavy (non-hydrogen) atoms. The first-order valence-corrected chi connectivity index (χ1v) is 5.84. The Morgan fingerprint density at radius 2 is 2.50 bits per heavy atom. The fraction of sp³-hybridized carbons (Fsp3) is 0.636. The van der Waals surface area contributed by atoms with Crippen molar-refractivity contribution in [3.8, 4) is 0 Å². The third-order valence-corrected chi connectivity index (χ3v) is 2.83. The first-order chi connectivity index (χ1) is 8.46. The average molecular weight is 258 g/mol. The largest absolute Gasteiger partial charge is 0.353 e. The van der Waals surface area contributed by atoms with E-state index in [2.05, 4.69) is 15.7 Å². The number of carbonyl (C=O) groups is 1. The van der Waals surface area contributed by atoms with Crippen molar-refractivity contribution >= 4 is 5.91 Å². The van der Waals surface area contributed by atoms with Crippen molar-refractivity contribution in [2.75, 3.05) is 13.1 Å². The van der Waals surface area contributed by atoms with Crippen molar-refractivity contribution < 1.29 is 13.6 Å². The summed E-state index contributed by atoms with van der Waals surface area (Å²) in [6, 6.07) is -0.792. The third-order valence-electron chi connectivity index (χ3n) is 2.83. The van der Waals surface area contributed by atoms with Crippen LogP contribution in [0.5, 0.6) is 0 Å². The normalized spacial score (nSPS) is 22.1. The number of halogens is 2. The van der Waals surface area contributed by atoms with E-state index in [1.54, 1.807) is 10.9 Å². The minimum absolute atomic E-state index is 0.379. The standard InChI is InChI=1S/C11H16F2N4O/c1-8-5-16-17(6-8)3-2-14-10(18)9-4-11(12,13)7-15-9/h5-6,9,15H,2-4,7H2,1H3,(H,14,18). The van der Waals surface area contributed by atoms with Gasteiger partial charge < -0.3 is 5.32 Å². The van der Waals surface area contributed by atoms with Crippen molar-refractivity contribution in [1.82, 2.24) is 20.4 Å². The van der Waals surface area contributed by atoms with Gasteiger partial charge in [-0.15, -0.1) is 0 Å². The number of aromatic nitrogens is 2. The topological polar surface area (TPSA) is 59.0 Å². The van der Waals surface area contributed by atoms with Gasteiger partial charge in [0.25, 0.3) is 5.92 Å². The van der Waals surface area contributed by atoms with Gasteiger partial charge in [-0.1, -0.05) is 0 Å². The second-order valence-corrected chi connectivity index (χ2v) is 4.57. The lowest BCUT2D eigenvalue weighted by atomic mass is 10.2. The van der Waals surface area contributed by atoms with Gasteiger partial charge in [-0.25, -0.2) is 8.78 Å². The van der Waals surface area contributed by atoms with E-state index in [1.807, 2.05) is 13.1 Å². The van der Waals surface area contributed by atoms with Crippen LogP contribution in [0.2, 0.25) is 0 Å². The Hall–Kier alpha value is -1.50. The molecule has 1 saturated heterocycles. The first kappa shape index (κ1) is 12.9. The molecular formula is C11H16F2N4O. The van der Waals surface area contributed by atoms with Gasteiger partial charge in [-0.3, -0.25) is 14.8 Å². The van der Waals surface area contributed by atoms with Crippen molar-refractivity contribution in [3.63, 3.8) is 0 Å². The molecule has 0 aromatic carbocycles. The molecule has 1 aromatic rings. The zero-order valence-corrected chi connectivity index (χ0v) is 10.1. The average Bonchev–Trinajstić information content (AvgIpc) is 2.85. The van der Waals surface area contributed by atoms with Crippen LogP contribution in [0.25, 0.3) is 0 Å². The Morgan fingerprint density at radius 3 is 3.06 bits per heavy atom. The second-order valence-electron chi connectivity index (χ2n) is 4.57. The van der Waals surface area contributed by atoms with Crippen LogP contribution in [-0.4, -0.2) is 40.7 Å². The van der Waals surface area contributed by atoms with Crippen LogP contribution < -0.4 is 10.6 Å². The quantitative estimate of drug-likeness (QED) is 0.817. The van der Waals surface area contributed by atoms with Crippen LogP contribution >= 0.6 is 0 Å². The van der Waals surface area contributed by atoms with E-state index >= 15 is 0 Å². The summed E-state index contributed by atoms with van der Waals surface area (Å²) in [5.41, 5.74) is 1.04. The molecule has 1 fully saturated rings. The van der Waals surface area contributed by atoms with Crippen molar-refractivity contribution in [1.29, 1.82) is 0 Å². The molecule has 2 heterocycles. The number of nitrogens with one attached hydrogen (secondary N) is 2. The van der Waals surface area contributed by atoms with E-state index < -0.39 is 24.9 Å². The number of carbonyl (C=O) groups excluding carboxylic acids is 1. The third kappa shape index (κ3) is 3.25. The molecule has 2 N–H and O–H groups in total. The van der Waals surface area contributed by atoms with Crippen molar-refractivity contribution in [2.24, 2.45) is 0 Å². The molecule has 1 aromatic heterocycles. The van der Waals surface area contributed by atoms with Gasteiger partial charge in [0, 0.05) is 19.2 Å². The Morgan fingerprint density at radius 1 is 1.72 bits per heavy atom. The van der Waals surface area contributed by atoms with Gasteiger partial charge in [0.15, 0.2) is 0 Å². The fourth-order valence-corrected chi connectivity index (χ4v) is 1.91. The number of alkyl halides is 2. The maximum absolute atomic E-state index is 12.9. The minimum Gasteiger partial charge on any atom is -0.353 e. The van der Waals surface area contributed by atoms with Crippen LogP contribution in [0.3, 0.4) is 0 Å². The van der Waals surface area contributed by atoms with Crippen LogP contribution in [-0.2, 0) is 11.3 Å². The Bertz CT molecular complexity index is 432. The molecular weight excluding hydrogens is 242 g/mol. The Kier molecular flexibility index (Phi) is 3.60. The lowest BCUT2D eigenvalue weighted by molar-refractivity contribution is -0.123. The molecule has 2 rings (SSSR count). The van der Waals surface area contributed by atoms with Crippen LogP contribution in [0.4, 0.5) is 8.78 Å². The van der Waals surface area contributed by atoms with Gasteiger partial charge in [-0.2, -0.15) is 5.10 Å². The van der Waals surface area contributed by atoms with E-state index in [1.165, 1.54) is 0 Å². The SMILES string of the molecule is Cc1cnn(CCNC(=O)C2CC(F)(F)CN2)c1. The zero-order valence-electron chi connectivity index (χ0n) is 10.1. The molecule has 0 saturated carbocycles. The highest BCUT2D eigenvalue weighted by molar-refractivity contribution is 5.82. The molecule has 0 radical (unpaired) electrons. The molecule has 5 nitrogen and oxygen atoms in total. The number of rotatable bonds is 4. The zero-order chi connectivity index (χ0) is 13.2. The van der Waals surface area contributed by atoms with Crippen LogP contribution in [0.1, 0.15) is 12.0 Å². The van der Waals surface area contributed by atoms with E-state index in [-0.39, 0.29) is 5.91 Å². The highest BCUT2D eigenvalue weighted by Crippen LogP contribution is 2.24. The number of nitrogens with zero attached hydrogens (tertiary/aromatic N) is 2. The summed E-state index contributed by atoms with van der Waals surface area (Å²) >= 11 is 0. The Labute approximate surface area is 104 Å². The van der Waals surface area contributed by atoms with E-state index in [0.29, 0.717) is 13.1 Å². The summed E-state index contributed by atoms with van der Waals surface area (Å²) in [6.45, 7) is 2.41. The second kappa shape index (κ2) is 5.01. The smallest absolute Gasteiger partial charge is 0.262 e. The van der Waals surface area contributed by atoms with Crippen molar-refractivity contribution in [2.45, 2.75) is 31.9 Å². The molecule has 0 spiro atoms. The lowest BCUT2D eigenvalue weighted by Crippen LogP contribution is -2.41. The van der Waals surface area contributed by atoms with Crippen LogP contribution in [0, 0.1) is 6.92 Å². The number of hydrogen-bond acceptors (Lipinski definition) is 3. The maximum atomic E-state index is 12.9. The summed E-state index contributed by atoms with van der Waals surface area (Å²) in [7, 11) is 0. The maximum Gasteiger partial charge on any atom is 0.262 e. The molecule has 1 unspecified atom stereocenters. The molecule has 0 aliphatic carbocycles. The molecule has 0 bridgehead atoms. The molecule has 1 aliphatic heterocycles. The van der Waals surface area contributed by atoms with Gasteiger partial charge >= 0.3 is 0 Å². The molecule has 1 atom stereocenters. The highest BCUT2D eigenvalue weighted by Gasteiger charge is 2.42. The monoisotopic (exact) mass is 258 g/mol. The van der Waals surface area contributed by atoms with Gasteiger partial charge in [0.1, 0.15) is 0 Å². The van der Waals surface area contributed by atoms with E-state index in [4.69, 9.17) is 0 Å². The lowest BCUT2D eigenvalue weighted by Gasteiger charge is -2.11. The minimum atomic E-state index is -2.78. The van der Waals surface area contributed by atoms with Gasteiger partial charge in [-0.05, 0) is 12.5 Å². The van der Waals surface area contributed by atoms with Gasteiger partial charge in [0.2, 0.25) is 5.91 Å². The van der Waals surface area contributed by atoms with E-state index in [0.717, 1.165) is 5.56 Å². The summed E-state index contributed by atoms with van der Waals surface area (Å²) in [5.74, 6) is -3.16. The van der Waals surface area contributed by atoms with Crippen LogP contribution in [0.15, 0.2) is 12.4 Å². The molecule has 7 heteroatoms. The first-order valence-electron chi connectivity index (χ1n) is 5.84. The van der Waals surface area contributed by atoms with Crippen molar-refractivity contribution in [3.05, 3.63) is 18.0 Å². The van der Waals surface area contributed by atoms with E-state index in [9.17, 15) is 13.6 Å². The summed E-state index contributed by atoms with van der Waals surface area (Å²) in [5, 5.41) is 9.20. The highest BCUT2D eigenvalue weighted by atomic mass is 19.3. The summed E-state index contributed by atoms with van der Waals surface area (Å²) < 4.78 is 27.5. The predicted octanol–water partition coefficient (Wildman–Crippen LogP) is 0.305. The number of aryl methyl sites for hydroxylation is 1. The molecule has 100 valence electrons.